The van der Waals surface area contributed by atoms with E-state index in [1.807, 2.05) is 6.92 Å². The van der Waals surface area contributed by atoms with Gasteiger partial charge in [-0.15, -0.1) is 0 Å². The van der Waals surface area contributed by atoms with E-state index >= 15 is 0 Å². The lowest BCUT2D eigenvalue weighted by molar-refractivity contribution is -0.0573. The molecule has 3 nitrogen and oxygen atoms in total. The van der Waals surface area contributed by atoms with Crippen LogP contribution in [0.15, 0.2) is 17.4 Å². The predicted octanol–water partition coefficient (Wildman–Crippen LogP) is 6.64. The highest BCUT2D eigenvalue weighted by molar-refractivity contribution is 5.49. The maximum atomic E-state index is 10.7. The minimum atomic E-state index is -0.118. The molecule has 0 bridgehead atoms. The van der Waals surface area contributed by atoms with Crippen LogP contribution in [0.1, 0.15) is 98.3 Å². The summed E-state index contributed by atoms with van der Waals surface area (Å²) in [6.07, 6.45) is 15.3. The number of hydrogen-bond donors (Lipinski definition) is 2. The molecule has 3 saturated carbocycles. The fraction of sp³-hybridized carbons (Fsp3) is 0.857. The Balaban J connectivity index is 1.43. The molecule has 0 aromatic heterocycles. The van der Waals surface area contributed by atoms with Gasteiger partial charge in [0.1, 0.15) is 0 Å². The van der Waals surface area contributed by atoms with Crippen LogP contribution in [-0.4, -0.2) is 22.3 Å². The second kappa shape index (κ2) is 8.71. The first-order chi connectivity index (χ1) is 14.7. The maximum absolute atomic E-state index is 10.7. The van der Waals surface area contributed by atoms with E-state index in [4.69, 9.17) is 0 Å². The van der Waals surface area contributed by atoms with Crippen molar-refractivity contribution in [2.45, 2.75) is 104 Å². The van der Waals surface area contributed by atoms with Crippen molar-refractivity contribution in [3.05, 3.63) is 17.4 Å². The van der Waals surface area contributed by atoms with Crippen LogP contribution in [0.25, 0.3) is 0 Å². The van der Waals surface area contributed by atoms with Crippen LogP contribution in [0.3, 0.4) is 0 Å². The molecule has 0 aliphatic heterocycles. The standard InChI is InChI=1S/C28H44O3/c1-18(6-5-7-19(2)26(31)17-29)23-10-11-24-22-9-8-20-16-21(30)12-14-27(20,3)25(22)13-15-28(23,24)4/h8,18-19,21-25,30-31H,5-7,9-16H2,1-4H3/t18-,19?,21+,22+,23-,24+,25+,27+,28-/m1/s1. The minimum Gasteiger partial charge on any atom is -0.502 e. The number of fused-ring (bicyclic) bond motifs is 5. The molecule has 9 atom stereocenters. The van der Waals surface area contributed by atoms with Gasteiger partial charge < -0.3 is 10.2 Å². The Labute approximate surface area is 189 Å². The molecule has 4 aliphatic rings. The largest absolute Gasteiger partial charge is 0.502 e. The number of hydrogen-bond acceptors (Lipinski definition) is 3. The van der Waals surface area contributed by atoms with E-state index in [0.29, 0.717) is 16.7 Å². The molecule has 0 aromatic rings. The Morgan fingerprint density at radius 3 is 2.65 bits per heavy atom. The zero-order valence-corrected chi connectivity index (χ0v) is 20.2. The molecular formula is C28H44O3. The van der Waals surface area contributed by atoms with Crippen molar-refractivity contribution in [3.8, 4) is 0 Å². The van der Waals surface area contributed by atoms with Crippen molar-refractivity contribution in [1.82, 2.24) is 0 Å². The van der Waals surface area contributed by atoms with Crippen LogP contribution in [0.2, 0.25) is 0 Å². The molecule has 0 amide bonds. The molecule has 3 fully saturated rings. The van der Waals surface area contributed by atoms with Crippen LogP contribution >= 0.6 is 0 Å². The Hall–Kier alpha value is -1.05. The summed E-state index contributed by atoms with van der Waals surface area (Å²) in [4.78, 5) is 10.7. The molecule has 0 radical (unpaired) electrons. The summed E-state index contributed by atoms with van der Waals surface area (Å²) in [5, 5.41) is 19.8. The topological polar surface area (TPSA) is 57.5 Å². The van der Waals surface area contributed by atoms with Crippen LogP contribution in [0, 0.1) is 46.3 Å². The number of aliphatic hydroxyl groups is 2. The zero-order valence-electron chi connectivity index (χ0n) is 20.2. The van der Waals surface area contributed by atoms with Crippen LogP contribution < -0.4 is 0 Å². The molecule has 174 valence electrons. The molecule has 4 rings (SSSR count). The summed E-state index contributed by atoms with van der Waals surface area (Å²) in [6.45, 7) is 9.50. The smallest absolute Gasteiger partial charge is 0.179 e. The van der Waals surface area contributed by atoms with Crippen molar-refractivity contribution in [2.75, 3.05) is 0 Å². The van der Waals surface area contributed by atoms with Gasteiger partial charge in [-0.3, -0.25) is 0 Å². The number of aliphatic hydroxyl groups excluding tert-OH is 2. The van der Waals surface area contributed by atoms with Crippen molar-refractivity contribution in [1.29, 1.82) is 0 Å². The molecule has 0 aromatic carbocycles. The Kier molecular flexibility index (Phi) is 6.50. The third-order valence-electron chi connectivity index (χ3n) is 10.7. The van der Waals surface area contributed by atoms with Crippen LogP contribution in [0.5, 0.6) is 0 Å². The lowest BCUT2D eigenvalue weighted by Crippen LogP contribution is -2.50. The molecular weight excluding hydrogens is 384 g/mol. The molecule has 0 saturated heterocycles. The van der Waals surface area contributed by atoms with E-state index in [1.54, 1.807) is 11.5 Å². The van der Waals surface area contributed by atoms with Gasteiger partial charge in [0, 0.05) is 5.92 Å². The van der Waals surface area contributed by atoms with Gasteiger partial charge >= 0.3 is 0 Å². The van der Waals surface area contributed by atoms with Gasteiger partial charge in [0.2, 0.25) is 0 Å². The molecule has 3 heteroatoms. The Morgan fingerprint density at radius 2 is 1.90 bits per heavy atom. The SMILES string of the molecule is CC(CCC[C@@H](C)[C@H]1CC[C@H]2[C@@H]3CC=C4C[C@@H](O)CC[C@]4(C)[C@H]3CC[C@]12C)C(O)=C=O. The predicted molar refractivity (Wildman–Crippen MR) is 125 cm³/mol. The molecule has 0 spiro atoms. The van der Waals surface area contributed by atoms with Crippen molar-refractivity contribution < 1.29 is 15.0 Å². The minimum absolute atomic E-state index is 0.0648. The lowest BCUT2D eigenvalue weighted by Gasteiger charge is -2.58. The average molecular weight is 429 g/mol. The molecule has 4 aliphatic carbocycles. The van der Waals surface area contributed by atoms with E-state index in [1.165, 1.54) is 44.9 Å². The van der Waals surface area contributed by atoms with Crippen molar-refractivity contribution in [2.24, 2.45) is 46.3 Å². The lowest BCUT2D eigenvalue weighted by atomic mass is 9.47. The fourth-order valence-electron chi connectivity index (χ4n) is 8.80. The first kappa shape index (κ1) is 23.1. The average Bonchev–Trinajstić information content (AvgIpc) is 3.10. The van der Waals surface area contributed by atoms with Crippen LogP contribution in [-0.2, 0) is 4.79 Å². The van der Waals surface area contributed by atoms with E-state index in [2.05, 4.69) is 26.8 Å². The van der Waals surface area contributed by atoms with Crippen molar-refractivity contribution >= 4 is 5.94 Å². The number of allylic oxidation sites excluding steroid dienone is 2. The first-order valence-corrected chi connectivity index (χ1v) is 13.0. The van der Waals surface area contributed by atoms with Gasteiger partial charge in [0.25, 0.3) is 0 Å². The molecule has 31 heavy (non-hydrogen) atoms. The third-order valence-corrected chi connectivity index (χ3v) is 10.7. The van der Waals surface area contributed by atoms with Gasteiger partial charge in [-0.05, 0) is 98.2 Å². The summed E-state index contributed by atoms with van der Waals surface area (Å²) in [5.74, 6) is 5.47. The van der Waals surface area contributed by atoms with Crippen molar-refractivity contribution in [3.63, 3.8) is 0 Å². The summed E-state index contributed by atoms with van der Waals surface area (Å²) in [5.41, 5.74) is 2.37. The second-order valence-electron chi connectivity index (χ2n) is 12.2. The van der Waals surface area contributed by atoms with Gasteiger partial charge in [0.15, 0.2) is 11.7 Å². The van der Waals surface area contributed by atoms with E-state index in [0.717, 1.165) is 49.4 Å². The van der Waals surface area contributed by atoms with E-state index in [-0.39, 0.29) is 17.8 Å². The highest BCUT2D eigenvalue weighted by atomic mass is 16.3. The monoisotopic (exact) mass is 428 g/mol. The van der Waals surface area contributed by atoms with E-state index in [9.17, 15) is 15.0 Å². The van der Waals surface area contributed by atoms with Gasteiger partial charge in [-0.1, -0.05) is 52.2 Å². The third kappa shape index (κ3) is 3.95. The van der Waals surface area contributed by atoms with Gasteiger partial charge in [-0.25, -0.2) is 4.79 Å². The molecule has 1 unspecified atom stereocenters. The summed E-state index contributed by atoms with van der Waals surface area (Å²) in [6, 6.07) is 0. The van der Waals surface area contributed by atoms with Crippen LogP contribution in [0.4, 0.5) is 0 Å². The molecule has 0 heterocycles. The summed E-state index contributed by atoms with van der Waals surface area (Å²) < 4.78 is 0. The van der Waals surface area contributed by atoms with Gasteiger partial charge in [-0.2, -0.15) is 0 Å². The number of carbonyl (C=O) groups excluding carboxylic acids is 1. The fourth-order valence-corrected chi connectivity index (χ4v) is 8.80. The first-order valence-electron chi connectivity index (χ1n) is 13.0. The summed E-state index contributed by atoms with van der Waals surface area (Å²) in [7, 11) is 0. The quantitative estimate of drug-likeness (QED) is 0.283. The van der Waals surface area contributed by atoms with Gasteiger partial charge in [0.05, 0.1) is 6.10 Å². The molecule has 2 N–H and O–H groups in total. The van der Waals surface area contributed by atoms with E-state index < -0.39 is 0 Å². The normalized spacial score (nSPS) is 43.6. The Bertz CT molecular complexity index is 749. The Morgan fingerprint density at radius 1 is 1.13 bits per heavy atom. The summed E-state index contributed by atoms with van der Waals surface area (Å²) >= 11 is 0. The maximum Gasteiger partial charge on any atom is 0.179 e. The number of rotatable bonds is 6. The highest BCUT2D eigenvalue weighted by Gasteiger charge is 2.59. The zero-order chi connectivity index (χ0) is 22.4. The second-order valence-corrected chi connectivity index (χ2v) is 12.2. The highest BCUT2D eigenvalue weighted by Crippen LogP contribution is 2.67.